The zero-order chi connectivity index (χ0) is 16.1. The average molecular weight is 387 g/mol. The lowest BCUT2D eigenvalue weighted by atomic mass is 10.1. The van der Waals surface area contributed by atoms with Crippen LogP contribution in [-0.4, -0.2) is 31.6 Å². The molecule has 0 spiro atoms. The van der Waals surface area contributed by atoms with Gasteiger partial charge in [0.2, 0.25) is 5.72 Å². The molecule has 0 saturated carbocycles. The average Bonchev–Trinajstić information content (AvgIpc) is 2.37. The third-order valence-corrected chi connectivity index (χ3v) is 4.69. The number of fused-ring (bicyclic) bond motifs is 1. The van der Waals surface area contributed by atoms with Crippen molar-refractivity contribution in [3.8, 4) is 0 Å². The van der Waals surface area contributed by atoms with Crippen LogP contribution in [0.25, 0.3) is 0 Å². The summed E-state index contributed by atoms with van der Waals surface area (Å²) in [5.41, 5.74) is -0.648. The second-order valence-electron chi connectivity index (χ2n) is 4.89. The summed E-state index contributed by atoms with van der Waals surface area (Å²) in [5.74, 6) is 0. The predicted molar refractivity (Wildman–Crippen MR) is 84.1 cm³/mol. The van der Waals surface area contributed by atoms with E-state index < -0.39 is 22.1 Å². The zero-order valence-corrected chi connectivity index (χ0v) is 14.0. The number of carbonyl (C=O) groups excluding carboxylic acids is 1. The molecule has 1 aromatic carbocycles. The summed E-state index contributed by atoms with van der Waals surface area (Å²) >= 11 is 3.31. The monoisotopic (exact) mass is 386 g/mol. The Balaban J connectivity index is 2.11. The quantitative estimate of drug-likeness (QED) is 0.794. The van der Waals surface area contributed by atoms with Crippen molar-refractivity contribution in [1.82, 2.24) is 5.32 Å². The van der Waals surface area contributed by atoms with Gasteiger partial charge in [0.05, 0.1) is 11.4 Å². The molecule has 2 aliphatic rings. The highest BCUT2D eigenvalue weighted by atomic mass is 79.9. The molecule has 0 radical (unpaired) electrons. The topological polar surface area (TPSA) is 100 Å². The number of carbonyl (C=O) groups is 1. The maximum absolute atomic E-state index is 12.2. The van der Waals surface area contributed by atoms with Gasteiger partial charge in [-0.05, 0) is 38.1 Å². The zero-order valence-electron chi connectivity index (χ0n) is 11.6. The SMILES string of the molecule is CC1=NS(=O)(=O)OC2(C)NC(=O)N(c3ccc(Br)cc3)N=C12. The number of nitrogens with one attached hydrogen (secondary N) is 1. The second-order valence-corrected chi connectivity index (χ2v) is 7.01. The molecule has 0 aliphatic carbocycles. The first kappa shape index (κ1) is 15.1. The van der Waals surface area contributed by atoms with Gasteiger partial charge < -0.3 is 5.32 Å². The number of benzene rings is 1. The third-order valence-electron chi connectivity index (χ3n) is 3.12. The summed E-state index contributed by atoms with van der Waals surface area (Å²) in [6.07, 6.45) is 0. The van der Waals surface area contributed by atoms with E-state index in [9.17, 15) is 13.2 Å². The number of hydrogen-bond acceptors (Lipinski definition) is 5. The number of amides is 2. The van der Waals surface area contributed by atoms with Crippen LogP contribution in [-0.2, 0) is 14.5 Å². The largest absolute Gasteiger partial charge is 0.383 e. The van der Waals surface area contributed by atoms with Crippen LogP contribution in [0.1, 0.15) is 13.8 Å². The van der Waals surface area contributed by atoms with Gasteiger partial charge in [-0.2, -0.15) is 18.5 Å². The van der Waals surface area contributed by atoms with Crippen molar-refractivity contribution in [2.24, 2.45) is 9.50 Å². The van der Waals surface area contributed by atoms with Crippen LogP contribution in [0.5, 0.6) is 0 Å². The number of anilines is 1. The molecule has 2 amide bonds. The van der Waals surface area contributed by atoms with Crippen LogP contribution < -0.4 is 10.3 Å². The van der Waals surface area contributed by atoms with E-state index in [0.29, 0.717) is 5.69 Å². The number of halogens is 1. The van der Waals surface area contributed by atoms with E-state index in [1.165, 1.54) is 13.8 Å². The first-order valence-electron chi connectivity index (χ1n) is 6.20. The molecular formula is C12H11BrN4O4S. The van der Waals surface area contributed by atoms with Gasteiger partial charge in [0.15, 0.2) is 0 Å². The van der Waals surface area contributed by atoms with E-state index in [0.717, 1.165) is 9.48 Å². The molecule has 2 aliphatic heterocycles. The molecule has 116 valence electrons. The fraction of sp³-hybridized carbons (Fsp3) is 0.250. The van der Waals surface area contributed by atoms with Gasteiger partial charge in [-0.15, -0.1) is 4.40 Å². The van der Waals surface area contributed by atoms with E-state index in [4.69, 9.17) is 4.18 Å². The Morgan fingerprint density at radius 1 is 1.32 bits per heavy atom. The fourth-order valence-corrected chi connectivity index (χ4v) is 3.50. The van der Waals surface area contributed by atoms with Crippen molar-refractivity contribution < 1.29 is 17.4 Å². The smallest absolute Gasteiger partial charge is 0.302 e. The van der Waals surface area contributed by atoms with Crippen LogP contribution in [0.2, 0.25) is 0 Å². The highest BCUT2D eigenvalue weighted by Crippen LogP contribution is 2.28. The molecule has 0 aromatic heterocycles. The Morgan fingerprint density at radius 3 is 2.59 bits per heavy atom. The Hall–Kier alpha value is -1.78. The Kier molecular flexibility index (Phi) is 3.34. The Labute approximate surface area is 135 Å². The van der Waals surface area contributed by atoms with Crippen LogP contribution in [0.4, 0.5) is 10.5 Å². The van der Waals surface area contributed by atoms with Gasteiger partial charge in [0, 0.05) is 4.47 Å². The summed E-state index contributed by atoms with van der Waals surface area (Å²) in [6, 6.07) is 6.32. The van der Waals surface area contributed by atoms with Gasteiger partial charge in [0.1, 0.15) is 5.71 Å². The van der Waals surface area contributed by atoms with E-state index in [1.807, 2.05) is 0 Å². The molecule has 22 heavy (non-hydrogen) atoms. The standard InChI is InChI=1S/C12H11BrN4O4S/c1-7-10-12(2,21-22(19,20)16-7)14-11(18)17(15-10)9-5-3-8(13)4-6-9/h3-6H,1-2H3,(H,14,18). The summed E-state index contributed by atoms with van der Waals surface area (Å²) in [5, 5.41) is 7.84. The lowest BCUT2D eigenvalue weighted by Crippen LogP contribution is -2.65. The fourth-order valence-electron chi connectivity index (χ4n) is 2.23. The third kappa shape index (κ3) is 2.53. The lowest BCUT2D eigenvalue weighted by molar-refractivity contribution is 0.133. The van der Waals surface area contributed by atoms with Crippen LogP contribution in [0.15, 0.2) is 38.2 Å². The van der Waals surface area contributed by atoms with Gasteiger partial charge in [-0.25, -0.2) is 8.98 Å². The van der Waals surface area contributed by atoms with E-state index in [2.05, 4.69) is 30.7 Å². The molecule has 1 unspecified atom stereocenters. The minimum absolute atomic E-state index is 0.163. The van der Waals surface area contributed by atoms with E-state index in [1.54, 1.807) is 24.3 Å². The van der Waals surface area contributed by atoms with Crippen molar-refractivity contribution in [2.45, 2.75) is 19.6 Å². The maximum Gasteiger partial charge on any atom is 0.383 e. The van der Waals surface area contributed by atoms with Gasteiger partial charge >= 0.3 is 16.3 Å². The molecule has 0 bridgehead atoms. The summed E-state index contributed by atoms with van der Waals surface area (Å²) in [7, 11) is -4.10. The number of rotatable bonds is 1. The highest BCUT2D eigenvalue weighted by molar-refractivity contribution is 9.10. The Bertz CT molecular complexity index is 818. The maximum atomic E-state index is 12.2. The van der Waals surface area contributed by atoms with Crippen molar-refractivity contribution in [3.63, 3.8) is 0 Å². The molecule has 8 nitrogen and oxygen atoms in total. The first-order valence-corrected chi connectivity index (χ1v) is 8.35. The molecule has 2 heterocycles. The highest BCUT2D eigenvalue weighted by Gasteiger charge is 2.48. The van der Waals surface area contributed by atoms with E-state index >= 15 is 0 Å². The van der Waals surface area contributed by atoms with Crippen molar-refractivity contribution >= 4 is 49.4 Å². The first-order chi connectivity index (χ1) is 10.2. The van der Waals surface area contributed by atoms with Crippen LogP contribution in [0.3, 0.4) is 0 Å². The minimum atomic E-state index is -4.10. The summed E-state index contributed by atoms with van der Waals surface area (Å²) in [4.78, 5) is 12.2. The van der Waals surface area contributed by atoms with Crippen molar-refractivity contribution in [2.75, 3.05) is 5.01 Å². The van der Waals surface area contributed by atoms with Gasteiger partial charge in [-0.1, -0.05) is 15.9 Å². The van der Waals surface area contributed by atoms with Crippen LogP contribution >= 0.6 is 15.9 Å². The normalized spacial score (nSPS) is 26.7. The number of hydrogen-bond donors (Lipinski definition) is 1. The number of urea groups is 1. The molecule has 0 fully saturated rings. The van der Waals surface area contributed by atoms with Gasteiger partial charge in [0.25, 0.3) is 0 Å². The summed E-state index contributed by atoms with van der Waals surface area (Å²) < 4.78 is 32.4. The number of hydrazone groups is 1. The molecule has 1 aromatic rings. The molecule has 3 rings (SSSR count). The Morgan fingerprint density at radius 2 is 1.95 bits per heavy atom. The molecular weight excluding hydrogens is 376 g/mol. The number of nitrogens with zero attached hydrogens (tertiary/aromatic N) is 3. The van der Waals surface area contributed by atoms with E-state index in [-0.39, 0.29) is 11.4 Å². The van der Waals surface area contributed by atoms with Crippen molar-refractivity contribution in [3.05, 3.63) is 28.7 Å². The molecule has 1 atom stereocenters. The second kappa shape index (κ2) is 4.86. The van der Waals surface area contributed by atoms with Gasteiger partial charge in [-0.3, -0.25) is 0 Å². The molecule has 0 saturated heterocycles. The minimum Gasteiger partial charge on any atom is -0.302 e. The van der Waals surface area contributed by atoms with Crippen molar-refractivity contribution in [1.29, 1.82) is 0 Å². The summed E-state index contributed by atoms with van der Waals surface area (Å²) in [6.45, 7) is 2.91. The predicted octanol–water partition coefficient (Wildman–Crippen LogP) is 1.79. The molecule has 10 heteroatoms. The lowest BCUT2D eigenvalue weighted by Gasteiger charge is -2.38. The molecule has 1 N–H and O–H groups in total. The van der Waals surface area contributed by atoms with Crippen LogP contribution in [0, 0.1) is 0 Å².